The van der Waals surface area contributed by atoms with E-state index in [0.29, 0.717) is 23.4 Å². The molecular formula is C15H16N4O. The Hall–Kier alpha value is -2.27. The molecule has 2 aromatic heterocycles. The van der Waals surface area contributed by atoms with Crippen LogP contribution < -0.4 is 10.9 Å². The van der Waals surface area contributed by atoms with E-state index < -0.39 is 0 Å². The molecule has 20 heavy (non-hydrogen) atoms. The molecule has 3 rings (SSSR count). The smallest absolute Gasteiger partial charge is 0.260 e. The normalized spacial score (nSPS) is 11.3. The zero-order chi connectivity index (χ0) is 14.3. The molecule has 0 bridgehead atoms. The third kappa shape index (κ3) is 1.96. The van der Waals surface area contributed by atoms with Crippen LogP contribution in [0.25, 0.3) is 21.9 Å². The number of nitrogens with zero attached hydrogens (tertiary/aromatic N) is 2. The van der Waals surface area contributed by atoms with E-state index in [2.05, 4.69) is 27.2 Å². The van der Waals surface area contributed by atoms with Crippen molar-refractivity contribution in [3.05, 3.63) is 45.5 Å². The lowest BCUT2D eigenvalue weighted by molar-refractivity contribution is 0.758. The average Bonchev–Trinajstić information content (AvgIpc) is 2.42. The maximum atomic E-state index is 12.1. The Morgan fingerprint density at radius 3 is 2.80 bits per heavy atom. The molecule has 0 saturated carbocycles. The summed E-state index contributed by atoms with van der Waals surface area (Å²) in [5.74, 6) is 0.599. The van der Waals surface area contributed by atoms with Gasteiger partial charge in [-0.05, 0) is 38.1 Å². The molecule has 5 heteroatoms. The van der Waals surface area contributed by atoms with Gasteiger partial charge in [-0.15, -0.1) is 0 Å². The molecule has 5 nitrogen and oxygen atoms in total. The van der Waals surface area contributed by atoms with Crippen LogP contribution in [0, 0.1) is 13.8 Å². The zero-order valence-electron chi connectivity index (χ0n) is 11.7. The summed E-state index contributed by atoms with van der Waals surface area (Å²) in [7, 11) is 1.81. The number of aromatic nitrogens is 3. The van der Waals surface area contributed by atoms with Gasteiger partial charge in [0.1, 0.15) is 5.82 Å². The van der Waals surface area contributed by atoms with Crippen LogP contribution in [-0.4, -0.2) is 22.0 Å². The van der Waals surface area contributed by atoms with Crippen LogP contribution in [0.15, 0.2) is 23.0 Å². The molecule has 0 unspecified atom stereocenters. The van der Waals surface area contributed by atoms with Crippen LogP contribution in [0.1, 0.15) is 17.0 Å². The minimum atomic E-state index is -0.145. The molecule has 0 fully saturated rings. The highest BCUT2D eigenvalue weighted by Crippen LogP contribution is 2.21. The highest BCUT2D eigenvalue weighted by molar-refractivity contribution is 5.92. The van der Waals surface area contributed by atoms with Crippen LogP contribution in [0.3, 0.4) is 0 Å². The number of fused-ring (bicyclic) bond motifs is 2. The molecule has 2 heterocycles. The first-order chi connectivity index (χ1) is 9.60. The highest BCUT2D eigenvalue weighted by Gasteiger charge is 2.09. The van der Waals surface area contributed by atoms with Crippen molar-refractivity contribution in [2.45, 2.75) is 20.4 Å². The number of benzene rings is 1. The van der Waals surface area contributed by atoms with Gasteiger partial charge in [0.2, 0.25) is 0 Å². The molecule has 0 aliphatic carbocycles. The van der Waals surface area contributed by atoms with E-state index in [1.165, 1.54) is 5.56 Å². The summed E-state index contributed by atoms with van der Waals surface area (Å²) < 4.78 is 0. The first-order valence-electron chi connectivity index (χ1n) is 6.54. The van der Waals surface area contributed by atoms with E-state index in [0.717, 1.165) is 16.5 Å². The molecule has 0 spiro atoms. The number of hydrogen-bond acceptors (Lipinski definition) is 4. The van der Waals surface area contributed by atoms with Crippen LogP contribution in [0.4, 0.5) is 0 Å². The topological polar surface area (TPSA) is 70.7 Å². The van der Waals surface area contributed by atoms with E-state index >= 15 is 0 Å². The van der Waals surface area contributed by atoms with Crippen molar-refractivity contribution < 1.29 is 0 Å². The summed E-state index contributed by atoms with van der Waals surface area (Å²) in [5.41, 5.74) is 3.57. The fraction of sp³-hybridized carbons (Fsp3) is 0.267. The SMILES string of the molecule is CNCc1nc2nc3c(C)c(C)ccc3cc2c(=O)[nH]1. The maximum Gasteiger partial charge on any atom is 0.260 e. The Kier molecular flexibility index (Phi) is 2.99. The second kappa shape index (κ2) is 4.68. The monoisotopic (exact) mass is 268 g/mol. The van der Waals surface area contributed by atoms with E-state index in [9.17, 15) is 4.79 Å². The summed E-state index contributed by atoms with van der Waals surface area (Å²) in [6, 6.07) is 5.90. The number of aromatic amines is 1. The van der Waals surface area contributed by atoms with Crippen molar-refractivity contribution in [3.8, 4) is 0 Å². The van der Waals surface area contributed by atoms with Gasteiger partial charge >= 0.3 is 0 Å². The second-order valence-corrected chi connectivity index (χ2v) is 4.98. The Morgan fingerprint density at radius 2 is 2.05 bits per heavy atom. The molecule has 1 aromatic carbocycles. The molecular weight excluding hydrogens is 252 g/mol. The van der Waals surface area contributed by atoms with E-state index in [4.69, 9.17) is 0 Å². The molecule has 3 aromatic rings. The first kappa shape index (κ1) is 12.7. The summed E-state index contributed by atoms with van der Waals surface area (Å²) in [6.07, 6.45) is 0. The van der Waals surface area contributed by atoms with Crippen molar-refractivity contribution in [3.63, 3.8) is 0 Å². The molecule has 102 valence electrons. The van der Waals surface area contributed by atoms with Gasteiger partial charge in [-0.25, -0.2) is 9.97 Å². The van der Waals surface area contributed by atoms with Crippen LogP contribution in [0.5, 0.6) is 0 Å². The number of rotatable bonds is 2. The van der Waals surface area contributed by atoms with Crippen LogP contribution >= 0.6 is 0 Å². The van der Waals surface area contributed by atoms with Gasteiger partial charge in [0.05, 0.1) is 17.4 Å². The predicted octanol–water partition coefficient (Wildman–Crippen LogP) is 1.81. The van der Waals surface area contributed by atoms with Gasteiger partial charge in [0.25, 0.3) is 5.56 Å². The molecule has 0 aliphatic rings. The van der Waals surface area contributed by atoms with E-state index in [-0.39, 0.29) is 5.56 Å². The van der Waals surface area contributed by atoms with Gasteiger partial charge in [-0.1, -0.05) is 12.1 Å². The number of aryl methyl sites for hydroxylation is 2. The highest BCUT2D eigenvalue weighted by atomic mass is 16.1. The van der Waals surface area contributed by atoms with Gasteiger partial charge < -0.3 is 10.3 Å². The number of pyridine rings is 1. The Bertz CT molecular complexity index is 867. The Labute approximate surface area is 116 Å². The first-order valence-corrected chi connectivity index (χ1v) is 6.54. The minimum absolute atomic E-state index is 0.145. The van der Waals surface area contributed by atoms with Gasteiger partial charge in [-0.2, -0.15) is 0 Å². The molecule has 0 saturated heterocycles. The number of H-pyrrole nitrogens is 1. The molecule has 0 atom stereocenters. The van der Waals surface area contributed by atoms with E-state index in [1.54, 1.807) is 0 Å². The van der Waals surface area contributed by atoms with Crippen molar-refractivity contribution in [2.24, 2.45) is 0 Å². The molecule has 0 aliphatic heterocycles. The summed E-state index contributed by atoms with van der Waals surface area (Å²) in [4.78, 5) is 23.9. The fourth-order valence-electron chi connectivity index (χ4n) is 2.33. The van der Waals surface area contributed by atoms with Crippen LogP contribution in [-0.2, 0) is 6.54 Å². The average molecular weight is 268 g/mol. The van der Waals surface area contributed by atoms with Crippen molar-refractivity contribution in [2.75, 3.05) is 7.05 Å². The van der Waals surface area contributed by atoms with Crippen molar-refractivity contribution >= 4 is 21.9 Å². The molecule has 2 N–H and O–H groups in total. The third-order valence-electron chi connectivity index (χ3n) is 3.58. The lowest BCUT2D eigenvalue weighted by atomic mass is 10.0. The lowest BCUT2D eigenvalue weighted by Crippen LogP contribution is -2.17. The molecule has 0 amide bonds. The van der Waals surface area contributed by atoms with Gasteiger partial charge in [-0.3, -0.25) is 4.79 Å². The predicted molar refractivity (Wildman–Crippen MR) is 79.9 cm³/mol. The third-order valence-corrected chi connectivity index (χ3v) is 3.58. The van der Waals surface area contributed by atoms with Crippen molar-refractivity contribution in [1.29, 1.82) is 0 Å². The number of nitrogens with one attached hydrogen (secondary N) is 2. The second-order valence-electron chi connectivity index (χ2n) is 4.98. The summed E-state index contributed by atoms with van der Waals surface area (Å²) in [6.45, 7) is 4.61. The van der Waals surface area contributed by atoms with E-state index in [1.807, 2.05) is 32.2 Å². The van der Waals surface area contributed by atoms with Crippen molar-refractivity contribution in [1.82, 2.24) is 20.3 Å². The van der Waals surface area contributed by atoms with Gasteiger partial charge in [0.15, 0.2) is 5.65 Å². The zero-order valence-corrected chi connectivity index (χ0v) is 11.7. The maximum absolute atomic E-state index is 12.1. The summed E-state index contributed by atoms with van der Waals surface area (Å²) >= 11 is 0. The van der Waals surface area contributed by atoms with Gasteiger partial charge in [0, 0.05) is 5.39 Å². The Balaban J connectivity index is 2.39. The quantitative estimate of drug-likeness (QED) is 0.695. The minimum Gasteiger partial charge on any atom is -0.313 e. The summed E-state index contributed by atoms with van der Waals surface area (Å²) in [5, 5.41) is 4.47. The number of hydrogen-bond donors (Lipinski definition) is 2. The fourth-order valence-corrected chi connectivity index (χ4v) is 2.33. The lowest BCUT2D eigenvalue weighted by Gasteiger charge is -2.07. The largest absolute Gasteiger partial charge is 0.313 e. The standard InChI is InChI=1S/C15H16N4O/c1-8-4-5-10-6-11-14(19-13(10)9(8)2)17-12(7-16-3)18-15(11)20/h4-6,16H,7H2,1-3H3,(H,17,18,19,20). The van der Waals surface area contributed by atoms with Crippen LogP contribution in [0.2, 0.25) is 0 Å². The molecule has 0 radical (unpaired) electrons. The Morgan fingerprint density at radius 1 is 1.25 bits per heavy atom.